The predicted octanol–water partition coefficient (Wildman–Crippen LogP) is 1.90. The number of ether oxygens (including phenoxy) is 1. The fraction of sp³-hybridized carbons (Fsp3) is 0.500. The lowest BCUT2D eigenvalue weighted by atomic mass is 10.1. The molecule has 0 fully saturated rings. The van der Waals surface area contributed by atoms with Crippen molar-refractivity contribution in [2.24, 2.45) is 0 Å². The molecule has 0 radical (unpaired) electrons. The molecule has 0 heterocycles. The Morgan fingerprint density at radius 1 is 1.20 bits per heavy atom. The molecule has 1 aromatic carbocycles. The maximum atomic E-state index is 12.0. The van der Waals surface area contributed by atoms with Crippen LogP contribution in [0, 0.1) is 0 Å². The highest BCUT2D eigenvalue weighted by Gasteiger charge is 2.13. The van der Waals surface area contributed by atoms with Gasteiger partial charge in [-0.1, -0.05) is 12.1 Å². The molecule has 0 amide bonds. The molecule has 1 N–H and O–H groups in total. The van der Waals surface area contributed by atoms with Crippen molar-refractivity contribution in [3.8, 4) is 0 Å². The number of carboxylic acid groups (broad SMARTS) is 1. The largest absolute Gasteiger partial charge is 0.481 e. The van der Waals surface area contributed by atoms with Crippen molar-refractivity contribution < 1.29 is 23.1 Å². The number of carboxylic acids is 1. The molecule has 0 spiro atoms. The Morgan fingerprint density at radius 2 is 1.85 bits per heavy atom. The Balaban J connectivity index is 2.60. The Labute approximate surface area is 119 Å². The van der Waals surface area contributed by atoms with Crippen molar-refractivity contribution in [3.63, 3.8) is 0 Å². The van der Waals surface area contributed by atoms with Crippen LogP contribution in [0.4, 0.5) is 0 Å². The highest BCUT2D eigenvalue weighted by Crippen LogP contribution is 2.15. The number of hydrogen-bond acceptors (Lipinski definition) is 4. The summed E-state index contributed by atoms with van der Waals surface area (Å²) in [5.74, 6) is -0.759. The first-order valence-electron chi connectivity index (χ1n) is 6.48. The third-order valence-electron chi connectivity index (χ3n) is 2.92. The van der Waals surface area contributed by atoms with Crippen LogP contribution in [-0.2, 0) is 25.8 Å². The van der Waals surface area contributed by atoms with Gasteiger partial charge < -0.3 is 9.84 Å². The van der Waals surface area contributed by atoms with E-state index >= 15 is 0 Å². The average Bonchev–Trinajstić information content (AvgIpc) is 2.42. The number of methoxy groups -OCH3 is 1. The predicted molar refractivity (Wildman–Crippen MR) is 75.6 cm³/mol. The van der Waals surface area contributed by atoms with Gasteiger partial charge in [0.1, 0.15) is 0 Å². The number of benzene rings is 1. The summed E-state index contributed by atoms with van der Waals surface area (Å²) >= 11 is 0. The normalized spacial score (nSPS) is 11.4. The Hall–Kier alpha value is -1.40. The quantitative estimate of drug-likeness (QED) is 0.705. The van der Waals surface area contributed by atoms with Crippen molar-refractivity contribution in [3.05, 3.63) is 29.8 Å². The summed E-state index contributed by atoms with van der Waals surface area (Å²) in [6, 6.07) is 6.43. The molecular formula is C14H20O5S. The summed E-state index contributed by atoms with van der Waals surface area (Å²) in [7, 11) is -1.67. The second kappa shape index (κ2) is 8.01. The molecule has 0 aliphatic rings. The van der Waals surface area contributed by atoms with Gasteiger partial charge >= 0.3 is 5.97 Å². The molecule has 0 unspecified atom stereocenters. The van der Waals surface area contributed by atoms with Gasteiger partial charge in [-0.2, -0.15) is 0 Å². The third-order valence-corrected chi connectivity index (χ3v) is 4.74. The van der Waals surface area contributed by atoms with Crippen LogP contribution in [0.3, 0.4) is 0 Å². The molecule has 0 aliphatic carbocycles. The van der Waals surface area contributed by atoms with E-state index in [1.54, 1.807) is 31.4 Å². The van der Waals surface area contributed by atoms with Crippen LogP contribution in [0.2, 0.25) is 0 Å². The second-order valence-corrected chi connectivity index (χ2v) is 6.67. The Morgan fingerprint density at radius 3 is 2.40 bits per heavy atom. The minimum absolute atomic E-state index is 0.0448. The molecule has 0 saturated heterocycles. The fourth-order valence-electron chi connectivity index (χ4n) is 1.77. The van der Waals surface area contributed by atoms with Crippen LogP contribution in [0.25, 0.3) is 0 Å². The molecule has 0 aromatic heterocycles. The van der Waals surface area contributed by atoms with Crippen LogP contribution in [-0.4, -0.2) is 39.0 Å². The number of aryl methyl sites for hydroxylation is 1. The van der Waals surface area contributed by atoms with Crippen molar-refractivity contribution in [2.45, 2.75) is 30.6 Å². The summed E-state index contributed by atoms with van der Waals surface area (Å²) in [6.45, 7) is 0.559. The van der Waals surface area contributed by atoms with Gasteiger partial charge in [0.05, 0.1) is 10.6 Å². The van der Waals surface area contributed by atoms with Crippen LogP contribution < -0.4 is 0 Å². The molecule has 5 nitrogen and oxygen atoms in total. The van der Waals surface area contributed by atoms with E-state index in [4.69, 9.17) is 9.84 Å². The van der Waals surface area contributed by atoms with Gasteiger partial charge in [-0.25, -0.2) is 8.42 Å². The van der Waals surface area contributed by atoms with Crippen LogP contribution in [0.15, 0.2) is 29.2 Å². The number of sulfone groups is 1. The van der Waals surface area contributed by atoms with Crippen molar-refractivity contribution in [1.29, 1.82) is 0 Å². The molecule has 1 aromatic rings. The van der Waals surface area contributed by atoms with E-state index in [0.29, 0.717) is 25.9 Å². The van der Waals surface area contributed by atoms with E-state index in [9.17, 15) is 13.2 Å². The van der Waals surface area contributed by atoms with Crippen LogP contribution in [0.5, 0.6) is 0 Å². The first-order valence-corrected chi connectivity index (χ1v) is 8.13. The van der Waals surface area contributed by atoms with E-state index in [0.717, 1.165) is 5.56 Å². The average molecular weight is 300 g/mol. The Kier molecular flexibility index (Phi) is 6.67. The summed E-state index contributed by atoms with van der Waals surface area (Å²) in [5.41, 5.74) is 0.825. The van der Waals surface area contributed by atoms with E-state index in [1.165, 1.54) is 0 Å². The molecule has 112 valence electrons. The molecular weight excluding hydrogens is 280 g/mol. The topological polar surface area (TPSA) is 80.7 Å². The smallest absolute Gasteiger partial charge is 0.303 e. The number of aliphatic carboxylic acids is 1. The molecule has 6 heteroatoms. The van der Waals surface area contributed by atoms with E-state index in [1.807, 2.05) is 0 Å². The Bertz CT molecular complexity index is 519. The van der Waals surface area contributed by atoms with Gasteiger partial charge in [0.15, 0.2) is 9.84 Å². The first-order chi connectivity index (χ1) is 9.45. The third kappa shape index (κ3) is 5.71. The van der Waals surface area contributed by atoms with E-state index in [2.05, 4.69) is 0 Å². The maximum Gasteiger partial charge on any atom is 0.303 e. The van der Waals surface area contributed by atoms with Gasteiger partial charge in [0, 0.05) is 20.1 Å². The van der Waals surface area contributed by atoms with Gasteiger partial charge in [0.2, 0.25) is 0 Å². The minimum Gasteiger partial charge on any atom is -0.481 e. The minimum atomic E-state index is -3.26. The lowest BCUT2D eigenvalue weighted by Crippen LogP contribution is -2.08. The SMILES string of the molecule is COCCCCS(=O)(=O)c1ccc(CCC(=O)O)cc1. The molecule has 0 atom stereocenters. The second-order valence-electron chi connectivity index (χ2n) is 4.56. The monoisotopic (exact) mass is 300 g/mol. The maximum absolute atomic E-state index is 12.0. The van der Waals surface area contributed by atoms with Gasteiger partial charge in [-0.3, -0.25) is 4.79 Å². The van der Waals surface area contributed by atoms with E-state index in [-0.39, 0.29) is 17.1 Å². The van der Waals surface area contributed by atoms with Crippen LogP contribution >= 0.6 is 0 Å². The molecule has 1 rings (SSSR count). The van der Waals surface area contributed by atoms with Gasteiger partial charge in [-0.15, -0.1) is 0 Å². The van der Waals surface area contributed by atoms with Gasteiger partial charge in [0.25, 0.3) is 0 Å². The van der Waals surface area contributed by atoms with Crippen LogP contribution in [0.1, 0.15) is 24.8 Å². The summed E-state index contributed by atoms with van der Waals surface area (Å²) < 4.78 is 29.0. The fourth-order valence-corrected chi connectivity index (χ4v) is 3.14. The standard InChI is InChI=1S/C14H20O5S/c1-19-10-2-3-11-20(17,18)13-7-4-12(5-8-13)6-9-14(15)16/h4-5,7-8H,2-3,6,9-11H2,1H3,(H,15,16). The van der Waals surface area contributed by atoms with Gasteiger partial charge in [-0.05, 0) is 37.0 Å². The zero-order chi connectivity index (χ0) is 15.0. The number of carbonyl (C=O) groups is 1. The number of hydrogen-bond donors (Lipinski definition) is 1. The number of rotatable bonds is 9. The molecule has 0 aliphatic heterocycles. The van der Waals surface area contributed by atoms with Crippen molar-refractivity contribution in [1.82, 2.24) is 0 Å². The zero-order valence-corrected chi connectivity index (χ0v) is 12.4. The van der Waals surface area contributed by atoms with E-state index < -0.39 is 15.8 Å². The lowest BCUT2D eigenvalue weighted by Gasteiger charge is -2.05. The first kappa shape index (κ1) is 16.7. The lowest BCUT2D eigenvalue weighted by molar-refractivity contribution is -0.136. The highest BCUT2D eigenvalue weighted by molar-refractivity contribution is 7.91. The highest BCUT2D eigenvalue weighted by atomic mass is 32.2. The molecule has 20 heavy (non-hydrogen) atoms. The summed E-state index contributed by atoms with van der Waals surface area (Å²) in [4.78, 5) is 10.8. The molecule has 0 bridgehead atoms. The molecule has 0 saturated carbocycles. The zero-order valence-electron chi connectivity index (χ0n) is 11.5. The summed E-state index contributed by atoms with van der Waals surface area (Å²) in [6.07, 6.45) is 1.73. The van der Waals surface area contributed by atoms with Crippen molar-refractivity contribution >= 4 is 15.8 Å². The number of unbranched alkanes of at least 4 members (excludes halogenated alkanes) is 1. The summed E-state index contributed by atoms with van der Waals surface area (Å²) in [5, 5.41) is 8.59. The van der Waals surface area contributed by atoms with Crippen molar-refractivity contribution in [2.75, 3.05) is 19.5 Å².